The first-order valence-electron chi connectivity index (χ1n) is 25.1. The Morgan fingerprint density at radius 3 is 1.47 bits per heavy atom. The van der Waals surface area contributed by atoms with Crippen LogP contribution in [0.5, 0.6) is 0 Å². The smallest absolute Gasteiger partial charge is 0.0323 e. The van der Waals surface area contributed by atoms with Gasteiger partial charge in [0.2, 0.25) is 0 Å². The fourth-order valence-corrected chi connectivity index (χ4v) is 13.6. The largest absolute Gasteiger partial charge is 0.313 e. The molecule has 5 aliphatic rings. The third-order valence-corrected chi connectivity index (χ3v) is 16.5. The van der Waals surface area contributed by atoms with Gasteiger partial charge in [0, 0.05) is 41.8 Å². The first-order valence-corrected chi connectivity index (χ1v) is 25.1. The third-order valence-electron chi connectivity index (χ3n) is 16.5. The van der Waals surface area contributed by atoms with Crippen molar-refractivity contribution in [1.29, 1.82) is 0 Å². The Balaban J connectivity index is 0.894. The lowest BCUT2D eigenvalue weighted by molar-refractivity contribution is 0.517. The molecule has 68 heavy (non-hydrogen) atoms. The van der Waals surface area contributed by atoms with Gasteiger partial charge in [0.25, 0.3) is 0 Å². The third kappa shape index (κ3) is 6.45. The van der Waals surface area contributed by atoms with Gasteiger partial charge in [-0.05, 0) is 154 Å². The van der Waals surface area contributed by atoms with Crippen molar-refractivity contribution in [3.63, 3.8) is 0 Å². The lowest BCUT2D eigenvalue weighted by Crippen LogP contribution is -2.36. The molecule has 6 atom stereocenters. The molecule has 0 radical (unpaired) electrons. The van der Waals surface area contributed by atoms with Crippen molar-refractivity contribution < 1.29 is 0 Å². The molecule has 9 aromatic rings. The van der Waals surface area contributed by atoms with Crippen LogP contribution in [0.2, 0.25) is 0 Å². The summed E-state index contributed by atoms with van der Waals surface area (Å²) in [5, 5.41) is 24.4. The number of hydrogen-bond acceptors (Lipinski definition) is 2. The van der Waals surface area contributed by atoms with E-state index in [9.17, 15) is 0 Å². The molecule has 2 heteroatoms. The van der Waals surface area contributed by atoms with Crippen LogP contribution in [0, 0.1) is 11.8 Å². The maximum absolute atomic E-state index is 4.38. The van der Waals surface area contributed by atoms with E-state index in [-0.39, 0.29) is 23.9 Å². The van der Waals surface area contributed by atoms with E-state index in [1.807, 2.05) is 0 Å². The Kier molecular flexibility index (Phi) is 9.59. The molecule has 3 aliphatic carbocycles. The molecule has 2 nitrogen and oxygen atoms in total. The molecular formula is C66H54N2. The second-order valence-electron chi connectivity index (χ2n) is 20.1. The normalized spacial score (nSPS) is 22.8. The van der Waals surface area contributed by atoms with Gasteiger partial charge in [0.05, 0.1) is 0 Å². The highest BCUT2D eigenvalue weighted by Crippen LogP contribution is 2.50. The van der Waals surface area contributed by atoms with Crippen molar-refractivity contribution in [2.75, 3.05) is 6.54 Å². The summed E-state index contributed by atoms with van der Waals surface area (Å²) in [7, 11) is 0. The van der Waals surface area contributed by atoms with Crippen molar-refractivity contribution in [1.82, 2.24) is 10.6 Å². The van der Waals surface area contributed by atoms with E-state index in [0.717, 1.165) is 19.4 Å². The summed E-state index contributed by atoms with van der Waals surface area (Å²) in [4.78, 5) is 0. The average Bonchev–Trinajstić information content (AvgIpc) is 4.13. The minimum absolute atomic E-state index is 0.131. The number of rotatable bonds is 7. The molecule has 0 bridgehead atoms. The van der Waals surface area contributed by atoms with Gasteiger partial charge >= 0.3 is 0 Å². The second kappa shape index (κ2) is 16.3. The van der Waals surface area contributed by atoms with Crippen molar-refractivity contribution in [3.05, 3.63) is 251 Å². The first kappa shape index (κ1) is 40.0. The summed E-state index contributed by atoms with van der Waals surface area (Å²) in [5.74, 6) is 0.963. The number of benzene rings is 9. The molecule has 0 aromatic heterocycles. The molecule has 2 N–H and O–H groups in total. The highest BCUT2D eigenvalue weighted by Gasteiger charge is 2.40. The molecule has 2 heterocycles. The minimum atomic E-state index is 0.131. The monoisotopic (exact) mass is 874 g/mol. The standard InChI is InChI=1S/C66H54N2/c1-4-19-46-41(16-1)37-58(54-26-11-7-22-50(46)54)65(63-30-15-35-67-63)61-40-45-36-44(31-32-49(45)53-25-10-14-29-57(53)61)62-33-34-64(68-62)66(59-38-42-17-2-5-20-47(42)51-23-8-12-27-55(51)59)60-39-43-18-3-6-21-48(43)52-24-9-13-28-56(52)60/h1-14,16-29,31-32,36-40,49,53,62-68H,15,30,33-35H2/t49?,53?,62?,63?,64-,65-/m1/s1. The summed E-state index contributed by atoms with van der Waals surface area (Å²) in [6, 6.07) is 62.7. The summed E-state index contributed by atoms with van der Waals surface area (Å²) in [6.07, 6.45) is 24.3. The topological polar surface area (TPSA) is 24.1 Å². The van der Waals surface area contributed by atoms with Gasteiger partial charge in [0.1, 0.15) is 0 Å². The van der Waals surface area contributed by atoms with Crippen molar-refractivity contribution in [3.8, 4) is 0 Å². The molecule has 4 unspecified atom stereocenters. The van der Waals surface area contributed by atoms with Gasteiger partial charge in [-0.15, -0.1) is 0 Å². The van der Waals surface area contributed by atoms with Crippen molar-refractivity contribution in [2.24, 2.45) is 11.8 Å². The van der Waals surface area contributed by atoms with Crippen molar-refractivity contribution >= 4 is 64.6 Å². The quantitative estimate of drug-likeness (QED) is 0.156. The zero-order valence-corrected chi connectivity index (χ0v) is 38.3. The van der Waals surface area contributed by atoms with E-state index < -0.39 is 0 Å². The van der Waals surface area contributed by atoms with Gasteiger partial charge in [-0.2, -0.15) is 0 Å². The number of nitrogens with one attached hydrogen (secondary N) is 2. The molecule has 2 aliphatic heterocycles. The van der Waals surface area contributed by atoms with Crippen LogP contribution in [0.15, 0.2) is 235 Å². The first-order chi connectivity index (χ1) is 33.7. The maximum atomic E-state index is 4.38. The zero-order valence-electron chi connectivity index (χ0n) is 38.3. The van der Waals surface area contributed by atoms with E-state index in [2.05, 4.69) is 223 Å². The van der Waals surface area contributed by atoms with Gasteiger partial charge < -0.3 is 10.6 Å². The summed E-state index contributed by atoms with van der Waals surface area (Å²) in [5.41, 5.74) is 10.1. The molecule has 0 saturated carbocycles. The Morgan fingerprint density at radius 1 is 0.412 bits per heavy atom. The summed E-state index contributed by atoms with van der Waals surface area (Å²) < 4.78 is 0. The lowest BCUT2D eigenvalue weighted by Gasteiger charge is -2.38. The SMILES string of the molecule is C1=CC2=C([C@@H](c3cc4ccccc4c4ccccc34)C3CCCN3)C=C3C=C(C4CC[C@H](C(c5cc6ccccc6c6ccccc56)c5cc6ccccc6c6ccccc56)N4)C=CC3C2C=C1. The molecule has 2 fully saturated rings. The van der Waals surface area contributed by atoms with Crippen LogP contribution in [-0.4, -0.2) is 24.7 Å². The Labute approximate surface area is 398 Å². The van der Waals surface area contributed by atoms with E-state index in [4.69, 9.17) is 0 Å². The van der Waals surface area contributed by atoms with Gasteiger partial charge in [0.15, 0.2) is 0 Å². The molecule has 0 amide bonds. The van der Waals surface area contributed by atoms with Crippen LogP contribution in [0.1, 0.15) is 54.2 Å². The van der Waals surface area contributed by atoms with Crippen LogP contribution in [0.4, 0.5) is 0 Å². The van der Waals surface area contributed by atoms with Crippen LogP contribution >= 0.6 is 0 Å². The minimum Gasteiger partial charge on any atom is -0.313 e. The van der Waals surface area contributed by atoms with Crippen LogP contribution in [-0.2, 0) is 0 Å². The zero-order chi connectivity index (χ0) is 44.7. The Morgan fingerprint density at radius 2 is 0.926 bits per heavy atom. The fourth-order valence-electron chi connectivity index (χ4n) is 13.6. The number of fused-ring (bicyclic) bond motifs is 12. The highest BCUT2D eigenvalue weighted by molar-refractivity contribution is 6.12. The second-order valence-corrected chi connectivity index (χ2v) is 20.1. The summed E-state index contributed by atoms with van der Waals surface area (Å²) in [6.45, 7) is 1.07. The van der Waals surface area contributed by atoms with Gasteiger partial charge in [-0.3, -0.25) is 0 Å². The van der Waals surface area contributed by atoms with Crippen LogP contribution in [0.3, 0.4) is 0 Å². The van der Waals surface area contributed by atoms with Crippen LogP contribution < -0.4 is 10.6 Å². The molecule has 14 rings (SSSR count). The van der Waals surface area contributed by atoms with E-state index >= 15 is 0 Å². The lowest BCUT2D eigenvalue weighted by atomic mass is 9.66. The fraction of sp³-hybridized carbons (Fsp3) is 0.182. The number of hydrogen-bond donors (Lipinski definition) is 2. The molecule has 9 aromatic carbocycles. The van der Waals surface area contributed by atoms with Crippen LogP contribution in [0.25, 0.3) is 64.6 Å². The predicted octanol–water partition coefficient (Wildman–Crippen LogP) is 15.5. The van der Waals surface area contributed by atoms with E-state index in [0.29, 0.717) is 17.9 Å². The maximum Gasteiger partial charge on any atom is 0.0323 e. The number of allylic oxidation sites excluding steroid dienone is 9. The van der Waals surface area contributed by atoms with E-state index in [1.54, 1.807) is 0 Å². The van der Waals surface area contributed by atoms with Gasteiger partial charge in [-0.1, -0.05) is 194 Å². The highest BCUT2D eigenvalue weighted by atomic mass is 15.0. The average molecular weight is 875 g/mol. The molecular weight excluding hydrogens is 821 g/mol. The molecule has 0 spiro atoms. The molecule has 2 saturated heterocycles. The van der Waals surface area contributed by atoms with Crippen molar-refractivity contribution in [2.45, 2.75) is 55.6 Å². The summed E-state index contributed by atoms with van der Waals surface area (Å²) >= 11 is 0. The molecule has 328 valence electrons. The predicted molar refractivity (Wildman–Crippen MR) is 288 cm³/mol. The van der Waals surface area contributed by atoms with E-state index in [1.165, 1.54) is 116 Å². The Hall–Kier alpha value is -7.10. The van der Waals surface area contributed by atoms with Gasteiger partial charge in [-0.25, -0.2) is 0 Å². The Bertz CT molecular complexity index is 3600.